The van der Waals surface area contributed by atoms with E-state index in [4.69, 9.17) is 0 Å². The second-order valence-corrected chi connectivity index (χ2v) is 9.55. The summed E-state index contributed by atoms with van der Waals surface area (Å²) in [5.74, 6) is 4.58. The van der Waals surface area contributed by atoms with Gasteiger partial charge in [-0.2, -0.15) is 0 Å². The number of ketones is 2. The molecule has 1 saturated heterocycles. The van der Waals surface area contributed by atoms with Crippen LogP contribution in [0.5, 0.6) is 0 Å². The average molecular weight is 437 g/mol. The molecule has 1 saturated carbocycles. The van der Waals surface area contributed by atoms with Crippen molar-refractivity contribution in [3.63, 3.8) is 0 Å². The molecule has 1 aliphatic carbocycles. The first-order valence-corrected chi connectivity index (χ1v) is 11.3. The number of hydrogen-bond donors (Lipinski definition) is 1. The number of nitrogens with zero attached hydrogens (tertiary/aromatic N) is 1. The molecule has 1 aromatic rings. The third-order valence-corrected chi connectivity index (χ3v) is 6.76. The zero-order chi connectivity index (χ0) is 23.6. The second-order valence-electron chi connectivity index (χ2n) is 9.55. The SMILES string of the molecule is CC#Cc1cc(C)c(C2C(=O)CC3(CCN(C(=O)NC(=O)C(C)C)CC3)CC2=O)c(C)c1. The highest BCUT2D eigenvalue weighted by Gasteiger charge is 2.47. The first-order chi connectivity index (χ1) is 15.1. The van der Waals surface area contributed by atoms with Crippen molar-refractivity contribution in [3.8, 4) is 11.8 Å². The zero-order valence-electron chi connectivity index (χ0n) is 19.6. The molecule has 0 bridgehead atoms. The number of carbonyl (C=O) groups excluding carboxylic acids is 4. The van der Waals surface area contributed by atoms with E-state index in [0.717, 1.165) is 22.3 Å². The maximum atomic E-state index is 13.2. The average Bonchev–Trinajstić information content (AvgIpc) is 2.70. The fraction of sp³-hybridized carbons (Fsp3) is 0.538. The molecular weight excluding hydrogens is 404 g/mol. The smallest absolute Gasteiger partial charge is 0.324 e. The number of urea groups is 1. The Morgan fingerprint density at radius 2 is 1.59 bits per heavy atom. The van der Waals surface area contributed by atoms with Gasteiger partial charge in [-0.3, -0.25) is 19.7 Å². The summed E-state index contributed by atoms with van der Waals surface area (Å²) in [5, 5.41) is 2.42. The first-order valence-electron chi connectivity index (χ1n) is 11.3. The molecule has 0 radical (unpaired) electrons. The van der Waals surface area contributed by atoms with Gasteiger partial charge >= 0.3 is 6.03 Å². The topological polar surface area (TPSA) is 83.6 Å². The van der Waals surface area contributed by atoms with E-state index in [1.807, 2.05) is 26.0 Å². The first kappa shape index (κ1) is 23.7. The Labute approximate surface area is 190 Å². The molecule has 1 aromatic carbocycles. The molecule has 6 nitrogen and oxygen atoms in total. The van der Waals surface area contributed by atoms with Gasteiger partial charge in [-0.15, -0.1) is 5.92 Å². The molecule has 3 amide bonds. The molecule has 1 aliphatic heterocycles. The highest BCUT2D eigenvalue weighted by atomic mass is 16.2. The lowest BCUT2D eigenvalue weighted by Gasteiger charge is -2.44. The predicted octanol–water partition coefficient (Wildman–Crippen LogP) is 3.66. The molecule has 0 aromatic heterocycles. The number of benzene rings is 1. The van der Waals surface area contributed by atoms with Crippen LogP contribution < -0.4 is 5.32 Å². The second kappa shape index (κ2) is 9.28. The summed E-state index contributed by atoms with van der Waals surface area (Å²) in [6.45, 7) is 9.99. The van der Waals surface area contributed by atoms with Gasteiger partial charge in [-0.05, 0) is 67.9 Å². The normalized spacial score (nSPS) is 18.5. The number of rotatable bonds is 2. The van der Waals surface area contributed by atoms with Crippen molar-refractivity contribution in [1.29, 1.82) is 0 Å². The van der Waals surface area contributed by atoms with Crippen LogP contribution in [0.1, 0.15) is 74.6 Å². The minimum atomic E-state index is -0.714. The van der Waals surface area contributed by atoms with E-state index in [1.54, 1.807) is 25.7 Å². The van der Waals surface area contributed by atoms with Crippen molar-refractivity contribution in [3.05, 3.63) is 34.4 Å². The summed E-state index contributed by atoms with van der Waals surface area (Å²) < 4.78 is 0. The lowest BCUT2D eigenvalue weighted by Crippen LogP contribution is -2.52. The van der Waals surface area contributed by atoms with Gasteiger partial charge in [-0.1, -0.05) is 19.8 Å². The van der Waals surface area contributed by atoms with Gasteiger partial charge < -0.3 is 4.90 Å². The lowest BCUT2D eigenvalue weighted by atomic mass is 9.62. The molecule has 6 heteroatoms. The number of hydrogen-bond acceptors (Lipinski definition) is 4. The van der Waals surface area contributed by atoms with Gasteiger partial charge in [0.1, 0.15) is 17.5 Å². The summed E-state index contributed by atoms with van der Waals surface area (Å²) >= 11 is 0. The maximum absolute atomic E-state index is 13.2. The van der Waals surface area contributed by atoms with Gasteiger partial charge in [0.2, 0.25) is 5.91 Å². The molecule has 1 N–H and O–H groups in total. The number of aryl methyl sites for hydroxylation is 2. The van der Waals surface area contributed by atoms with Crippen molar-refractivity contribution in [2.45, 2.75) is 66.2 Å². The largest absolute Gasteiger partial charge is 0.324 e. The number of nitrogens with one attached hydrogen (secondary N) is 1. The van der Waals surface area contributed by atoms with E-state index in [0.29, 0.717) is 38.8 Å². The molecule has 3 rings (SSSR count). The molecule has 0 atom stereocenters. The van der Waals surface area contributed by atoms with Crippen LogP contribution >= 0.6 is 0 Å². The number of piperidine rings is 1. The van der Waals surface area contributed by atoms with E-state index in [-0.39, 0.29) is 28.8 Å². The Balaban J connectivity index is 1.72. The molecule has 32 heavy (non-hydrogen) atoms. The summed E-state index contributed by atoms with van der Waals surface area (Å²) in [4.78, 5) is 52.2. The van der Waals surface area contributed by atoms with E-state index in [2.05, 4.69) is 17.2 Å². The molecule has 170 valence electrons. The van der Waals surface area contributed by atoms with E-state index < -0.39 is 11.9 Å². The number of Topliss-reactive ketones (excluding diaryl/α,β-unsaturated/α-hetero) is 2. The third-order valence-electron chi connectivity index (χ3n) is 6.76. The van der Waals surface area contributed by atoms with Crippen LogP contribution in [0.3, 0.4) is 0 Å². The van der Waals surface area contributed by atoms with Gasteiger partial charge in [-0.25, -0.2) is 4.79 Å². The van der Waals surface area contributed by atoms with Crippen molar-refractivity contribution in [2.24, 2.45) is 11.3 Å². The summed E-state index contributed by atoms with van der Waals surface area (Å²) in [5.41, 5.74) is 3.16. The molecule has 0 unspecified atom stereocenters. The van der Waals surface area contributed by atoms with Crippen LogP contribution in [0.25, 0.3) is 0 Å². The monoisotopic (exact) mass is 436 g/mol. The van der Waals surface area contributed by atoms with Crippen molar-refractivity contribution in [2.75, 3.05) is 13.1 Å². The van der Waals surface area contributed by atoms with Crippen LogP contribution in [0.4, 0.5) is 4.79 Å². The van der Waals surface area contributed by atoms with Gasteiger partial charge in [0.15, 0.2) is 0 Å². The highest BCUT2D eigenvalue weighted by Crippen LogP contribution is 2.46. The van der Waals surface area contributed by atoms with Crippen LogP contribution in [-0.4, -0.2) is 41.5 Å². The Morgan fingerprint density at radius 3 is 2.06 bits per heavy atom. The third kappa shape index (κ3) is 4.77. The summed E-state index contributed by atoms with van der Waals surface area (Å²) in [7, 11) is 0. The lowest BCUT2D eigenvalue weighted by molar-refractivity contribution is -0.138. The minimum absolute atomic E-state index is 0.0327. The Bertz CT molecular complexity index is 977. The highest BCUT2D eigenvalue weighted by molar-refractivity contribution is 6.10. The van der Waals surface area contributed by atoms with Crippen molar-refractivity contribution in [1.82, 2.24) is 10.2 Å². The van der Waals surface area contributed by atoms with Crippen LogP contribution in [0.15, 0.2) is 12.1 Å². The van der Waals surface area contributed by atoms with Crippen LogP contribution in [0.2, 0.25) is 0 Å². The summed E-state index contributed by atoms with van der Waals surface area (Å²) in [6, 6.07) is 3.49. The Morgan fingerprint density at radius 1 is 1.06 bits per heavy atom. The van der Waals surface area contributed by atoms with E-state index in [9.17, 15) is 19.2 Å². The van der Waals surface area contributed by atoms with Gasteiger partial charge in [0, 0.05) is 37.4 Å². The van der Waals surface area contributed by atoms with E-state index in [1.165, 1.54) is 0 Å². The number of carbonyl (C=O) groups is 4. The van der Waals surface area contributed by atoms with E-state index >= 15 is 0 Å². The number of amides is 3. The van der Waals surface area contributed by atoms with Crippen LogP contribution in [-0.2, 0) is 14.4 Å². The fourth-order valence-electron chi connectivity index (χ4n) is 5.02. The standard InChI is InChI=1S/C26H32N2O4/c1-6-7-19-12-17(4)22(18(5)13-19)23-20(29)14-26(15-21(23)30)8-10-28(11-9-26)25(32)27-24(31)16(2)3/h12-13,16,23H,8-11,14-15H2,1-5H3,(H,27,31,32). The Hall–Kier alpha value is -2.94. The molecular formula is C26H32N2O4. The zero-order valence-corrected chi connectivity index (χ0v) is 19.6. The van der Waals surface area contributed by atoms with Gasteiger partial charge in [0.25, 0.3) is 0 Å². The summed E-state index contributed by atoms with van der Waals surface area (Å²) in [6.07, 6.45) is 1.87. The molecule has 1 spiro atoms. The van der Waals surface area contributed by atoms with Crippen molar-refractivity contribution < 1.29 is 19.2 Å². The van der Waals surface area contributed by atoms with Crippen LogP contribution in [0, 0.1) is 37.0 Å². The molecule has 2 fully saturated rings. The number of imide groups is 1. The fourth-order valence-corrected chi connectivity index (χ4v) is 5.02. The van der Waals surface area contributed by atoms with Crippen molar-refractivity contribution >= 4 is 23.5 Å². The quantitative estimate of drug-likeness (QED) is 0.566. The molecule has 2 aliphatic rings. The Kier molecular flexibility index (Phi) is 6.88. The number of likely N-dealkylation sites (tertiary alicyclic amines) is 1. The predicted molar refractivity (Wildman–Crippen MR) is 122 cm³/mol. The maximum Gasteiger partial charge on any atom is 0.324 e. The minimum Gasteiger partial charge on any atom is -0.324 e. The molecule has 1 heterocycles. The van der Waals surface area contributed by atoms with Gasteiger partial charge in [0.05, 0.1) is 0 Å².